The van der Waals surface area contributed by atoms with E-state index >= 15 is 0 Å². The second kappa shape index (κ2) is 7.23. The summed E-state index contributed by atoms with van der Waals surface area (Å²) >= 11 is 0. The normalized spacial score (nSPS) is 13.9. The van der Waals surface area contributed by atoms with Crippen LogP contribution in [0.3, 0.4) is 0 Å². The Bertz CT molecular complexity index is 571. The quantitative estimate of drug-likeness (QED) is 0.826. The molecule has 2 unspecified atom stereocenters. The number of aromatic hydroxyl groups is 1. The monoisotopic (exact) mass is 287 g/mol. The van der Waals surface area contributed by atoms with Crippen molar-refractivity contribution in [2.75, 3.05) is 6.54 Å². The molecule has 0 radical (unpaired) electrons. The third-order valence-electron chi connectivity index (χ3n) is 3.86. The summed E-state index contributed by atoms with van der Waals surface area (Å²) in [6, 6.07) is 14.6. The largest absolute Gasteiger partial charge is 0.508 e. The molecule has 0 spiro atoms. The molecule has 0 aliphatic rings. The molecule has 2 aromatic carbocycles. The summed E-state index contributed by atoms with van der Waals surface area (Å²) in [6.45, 7) is 5.02. The molecule has 2 atom stereocenters. The van der Waals surface area contributed by atoms with E-state index in [-0.39, 0.29) is 11.8 Å². The van der Waals surface area contributed by atoms with Gasteiger partial charge in [0.05, 0.1) is 0 Å². The first kappa shape index (κ1) is 15.5. The summed E-state index contributed by atoms with van der Waals surface area (Å²) in [5.74, 6) is 0.0694. The molecule has 2 nitrogen and oxygen atoms in total. The van der Waals surface area contributed by atoms with E-state index in [1.807, 2.05) is 13.0 Å². The van der Waals surface area contributed by atoms with Gasteiger partial charge < -0.3 is 10.4 Å². The van der Waals surface area contributed by atoms with Crippen molar-refractivity contribution in [3.63, 3.8) is 0 Å². The fraction of sp³-hybridized carbons (Fsp3) is 0.333. The van der Waals surface area contributed by atoms with Crippen LogP contribution in [-0.4, -0.2) is 11.7 Å². The van der Waals surface area contributed by atoms with E-state index in [2.05, 4.69) is 36.5 Å². The van der Waals surface area contributed by atoms with Gasteiger partial charge in [-0.3, -0.25) is 0 Å². The van der Waals surface area contributed by atoms with Crippen LogP contribution in [0.5, 0.6) is 5.75 Å². The summed E-state index contributed by atoms with van der Waals surface area (Å²) in [6.07, 6.45) is 1.01. The van der Waals surface area contributed by atoms with Gasteiger partial charge in [-0.05, 0) is 37.4 Å². The molecule has 0 saturated carbocycles. The van der Waals surface area contributed by atoms with Crippen LogP contribution in [0, 0.1) is 5.82 Å². The highest BCUT2D eigenvalue weighted by Crippen LogP contribution is 2.25. The first-order valence-electron chi connectivity index (χ1n) is 7.34. The first-order valence-corrected chi connectivity index (χ1v) is 7.34. The number of phenolic OH excluding ortho intramolecular Hbond substituents is 1. The van der Waals surface area contributed by atoms with E-state index in [0.29, 0.717) is 5.92 Å². The van der Waals surface area contributed by atoms with Gasteiger partial charge in [-0.15, -0.1) is 0 Å². The average Bonchev–Trinajstić information content (AvgIpc) is 2.47. The van der Waals surface area contributed by atoms with Crippen molar-refractivity contribution in [3.8, 4) is 5.75 Å². The predicted molar refractivity (Wildman–Crippen MR) is 84.0 cm³/mol. The zero-order valence-corrected chi connectivity index (χ0v) is 12.5. The van der Waals surface area contributed by atoms with Crippen LogP contribution in [0.4, 0.5) is 4.39 Å². The van der Waals surface area contributed by atoms with Gasteiger partial charge in [0.15, 0.2) is 0 Å². The lowest BCUT2D eigenvalue weighted by molar-refractivity contribution is 0.444. The lowest BCUT2D eigenvalue weighted by atomic mass is 9.97. The lowest BCUT2D eigenvalue weighted by Crippen LogP contribution is -2.21. The fourth-order valence-corrected chi connectivity index (χ4v) is 2.46. The highest BCUT2D eigenvalue weighted by atomic mass is 19.1. The minimum Gasteiger partial charge on any atom is -0.508 e. The maximum Gasteiger partial charge on any atom is 0.126 e. The molecule has 0 bridgehead atoms. The van der Waals surface area contributed by atoms with Crippen molar-refractivity contribution in [2.24, 2.45) is 0 Å². The van der Waals surface area contributed by atoms with E-state index in [4.69, 9.17) is 0 Å². The van der Waals surface area contributed by atoms with Crippen molar-refractivity contribution in [1.29, 1.82) is 0 Å². The standard InChI is InChI=1S/C18H22FNO/c1-13(15-6-4-3-5-7-15)10-11-20-14(2)17-9-8-16(19)12-18(17)21/h3-9,12-14,20-21H,10-11H2,1-2H3. The van der Waals surface area contributed by atoms with Crippen LogP contribution >= 0.6 is 0 Å². The van der Waals surface area contributed by atoms with Gasteiger partial charge in [0.1, 0.15) is 11.6 Å². The second-order valence-corrected chi connectivity index (χ2v) is 5.48. The molecule has 3 heteroatoms. The minimum atomic E-state index is -0.416. The number of phenols is 1. The molecule has 0 aliphatic carbocycles. The van der Waals surface area contributed by atoms with Gasteiger partial charge in [-0.2, -0.15) is 0 Å². The van der Waals surface area contributed by atoms with Gasteiger partial charge >= 0.3 is 0 Å². The second-order valence-electron chi connectivity index (χ2n) is 5.48. The van der Waals surface area contributed by atoms with Crippen LogP contribution < -0.4 is 5.32 Å². The summed E-state index contributed by atoms with van der Waals surface area (Å²) in [5.41, 5.74) is 2.06. The summed E-state index contributed by atoms with van der Waals surface area (Å²) in [4.78, 5) is 0. The van der Waals surface area contributed by atoms with Crippen LogP contribution in [0.25, 0.3) is 0 Å². The summed E-state index contributed by atoms with van der Waals surface area (Å²) in [5, 5.41) is 13.1. The van der Waals surface area contributed by atoms with Crippen LogP contribution in [0.15, 0.2) is 48.5 Å². The van der Waals surface area contributed by atoms with Gasteiger partial charge in [0, 0.05) is 17.7 Å². The molecule has 0 aromatic heterocycles. The van der Waals surface area contributed by atoms with Crippen LogP contribution in [0.2, 0.25) is 0 Å². The Balaban J connectivity index is 1.85. The molecule has 2 rings (SSSR count). The highest BCUT2D eigenvalue weighted by molar-refractivity contribution is 5.34. The van der Waals surface area contributed by atoms with Crippen molar-refractivity contribution >= 4 is 0 Å². The smallest absolute Gasteiger partial charge is 0.126 e. The molecular formula is C18H22FNO. The number of halogens is 1. The van der Waals surface area contributed by atoms with E-state index in [0.717, 1.165) is 24.6 Å². The number of nitrogens with one attached hydrogen (secondary N) is 1. The van der Waals surface area contributed by atoms with Gasteiger partial charge in [0.25, 0.3) is 0 Å². The molecule has 0 fully saturated rings. The molecular weight excluding hydrogens is 265 g/mol. The third kappa shape index (κ3) is 4.30. The molecule has 2 N–H and O–H groups in total. The number of benzene rings is 2. The Morgan fingerprint density at radius 3 is 2.48 bits per heavy atom. The summed E-state index contributed by atoms with van der Waals surface area (Å²) in [7, 11) is 0. The number of hydrogen-bond donors (Lipinski definition) is 2. The topological polar surface area (TPSA) is 32.3 Å². The molecule has 0 saturated heterocycles. The van der Waals surface area contributed by atoms with Gasteiger partial charge in [0.2, 0.25) is 0 Å². The van der Waals surface area contributed by atoms with Gasteiger partial charge in [-0.25, -0.2) is 4.39 Å². The highest BCUT2D eigenvalue weighted by Gasteiger charge is 2.11. The average molecular weight is 287 g/mol. The zero-order valence-electron chi connectivity index (χ0n) is 12.5. The van der Waals surface area contributed by atoms with Crippen molar-refractivity contribution < 1.29 is 9.50 Å². The number of rotatable bonds is 6. The van der Waals surface area contributed by atoms with Crippen molar-refractivity contribution in [2.45, 2.75) is 32.2 Å². The van der Waals surface area contributed by atoms with E-state index in [1.54, 1.807) is 6.07 Å². The Kier molecular flexibility index (Phi) is 5.34. The first-order chi connectivity index (χ1) is 10.1. The number of hydrogen-bond acceptors (Lipinski definition) is 2. The van der Waals surface area contributed by atoms with E-state index in [1.165, 1.54) is 11.6 Å². The molecule has 0 aliphatic heterocycles. The Morgan fingerprint density at radius 1 is 1.10 bits per heavy atom. The van der Waals surface area contributed by atoms with Crippen molar-refractivity contribution in [1.82, 2.24) is 5.32 Å². The SMILES string of the molecule is CC(CCNC(C)c1ccc(F)cc1O)c1ccccc1. The Hall–Kier alpha value is -1.87. The summed E-state index contributed by atoms with van der Waals surface area (Å²) < 4.78 is 13.0. The minimum absolute atomic E-state index is 0.00566. The van der Waals surface area contributed by atoms with Gasteiger partial charge in [-0.1, -0.05) is 43.3 Å². The fourth-order valence-electron chi connectivity index (χ4n) is 2.46. The maximum absolute atomic E-state index is 13.0. The molecule has 2 aromatic rings. The Morgan fingerprint density at radius 2 is 1.81 bits per heavy atom. The lowest BCUT2D eigenvalue weighted by Gasteiger charge is -2.18. The third-order valence-corrected chi connectivity index (χ3v) is 3.86. The molecule has 112 valence electrons. The molecule has 21 heavy (non-hydrogen) atoms. The predicted octanol–water partition coefficient (Wildman–Crippen LogP) is 4.38. The zero-order chi connectivity index (χ0) is 15.2. The van der Waals surface area contributed by atoms with E-state index in [9.17, 15) is 9.50 Å². The van der Waals surface area contributed by atoms with Crippen molar-refractivity contribution in [3.05, 3.63) is 65.5 Å². The Labute approximate surface area is 125 Å². The molecule has 0 heterocycles. The molecule has 0 amide bonds. The van der Waals surface area contributed by atoms with Crippen LogP contribution in [-0.2, 0) is 0 Å². The maximum atomic E-state index is 13.0. The van der Waals surface area contributed by atoms with E-state index < -0.39 is 5.82 Å². The van der Waals surface area contributed by atoms with Crippen LogP contribution in [0.1, 0.15) is 43.4 Å².